The predicted molar refractivity (Wildman–Crippen MR) is 117 cm³/mol. The molecule has 0 radical (unpaired) electrons. The maximum Gasteiger partial charge on any atom is 0.325 e. The minimum absolute atomic E-state index is 0.0932. The summed E-state index contributed by atoms with van der Waals surface area (Å²) < 4.78 is 10.3. The van der Waals surface area contributed by atoms with Gasteiger partial charge in [0.05, 0.1) is 37.4 Å². The third-order valence-corrected chi connectivity index (χ3v) is 5.66. The minimum atomic E-state index is -0.454. The van der Waals surface area contributed by atoms with Gasteiger partial charge in [-0.25, -0.2) is 9.78 Å². The molecule has 0 saturated carbocycles. The average molecular weight is 447 g/mol. The number of urea groups is 1. The summed E-state index contributed by atoms with van der Waals surface area (Å²) in [4.78, 5) is 42.9. The molecule has 0 aliphatic carbocycles. The molecule has 10 heteroatoms. The highest BCUT2D eigenvalue weighted by molar-refractivity contribution is 7.14. The van der Waals surface area contributed by atoms with Gasteiger partial charge in [-0.2, -0.15) is 0 Å². The van der Waals surface area contributed by atoms with Gasteiger partial charge in [0.25, 0.3) is 0 Å². The highest BCUT2D eigenvalue weighted by atomic mass is 32.1. The first-order chi connectivity index (χ1) is 15.0. The fourth-order valence-electron chi connectivity index (χ4n) is 3.37. The molecule has 31 heavy (non-hydrogen) atoms. The first kappa shape index (κ1) is 22.5. The molecule has 2 N–H and O–H groups in total. The van der Waals surface area contributed by atoms with Gasteiger partial charge in [0.1, 0.15) is 5.75 Å². The summed E-state index contributed by atoms with van der Waals surface area (Å²) in [6.07, 6.45) is 1.61. The zero-order valence-corrected chi connectivity index (χ0v) is 18.4. The Balaban J connectivity index is 1.53. The van der Waals surface area contributed by atoms with E-state index in [2.05, 4.69) is 15.6 Å². The van der Waals surface area contributed by atoms with E-state index in [1.54, 1.807) is 35.4 Å². The number of hydrogen-bond donors (Lipinski definition) is 2. The summed E-state index contributed by atoms with van der Waals surface area (Å²) in [5.74, 6) is -0.0692. The summed E-state index contributed by atoms with van der Waals surface area (Å²) >= 11 is 1.24. The molecule has 0 unspecified atom stereocenters. The molecule has 1 aromatic carbocycles. The lowest BCUT2D eigenvalue weighted by atomic mass is 9.98. The van der Waals surface area contributed by atoms with Crippen molar-refractivity contribution >= 4 is 40.1 Å². The smallest absolute Gasteiger partial charge is 0.325 e. The van der Waals surface area contributed by atoms with Crippen molar-refractivity contribution in [3.05, 3.63) is 35.3 Å². The third-order valence-electron chi connectivity index (χ3n) is 4.85. The monoisotopic (exact) mass is 446 g/mol. The molecule has 166 valence electrons. The zero-order chi connectivity index (χ0) is 22.2. The molecule has 2 heterocycles. The van der Waals surface area contributed by atoms with Crippen molar-refractivity contribution in [1.29, 1.82) is 0 Å². The molecule has 3 amide bonds. The van der Waals surface area contributed by atoms with Crippen LogP contribution < -0.4 is 15.4 Å². The molecule has 1 atom stereocenters. The molecule has 9 nitrogen and oxygen atoms in total. The van der Waals surface area contributed by atoms with Crippen LogP contribution >= 0.6 is 11.3 Å². The van der Waals surface area contributed by atoms with Gasteiger partial charge < -0.3 is 19.7 Å². The Bertz CT molecular complexity index is 932. The van der Waals surface area contributed by atoms with Crippen molar-refractivity contribution < 1.29 is 23.9 Å². The molecule has 2 aromatic rings. The lowest BCUT2D eigenvalue weighted by Gasteiger charge is -2.31. The van der Waals surface area contributed by atoms with Crippen LogP contribution in [0.1, 0.15) is 25.5 Å². The van der Waals surface area contributed by atoms with Gasteiger partial charge in [-0.1, -0.05) is 12.1 Å². The van der Waals surface area contributed by atoms with Crippen LogP contribution in [-0.2, 0) is 20.7 Å². The van der Waals surface area contributed by atoms with Crippen LogP contribution in [0.3, 0.4) is 0 Å². The number of para-hydroxylation sites is 2. The second-order valence-corrected chi connectivity index (χ2v) is 7.89. The Labute approximate surface area is 184 Å². The summed E-state index contributed by atoms with van der Waals surface area (Å²) in [6, 6.07) is 6.62. The maximum atomic E-state index is 12.7. The Morgan fingerprint density at radius 2 is 2.06 bits per heavy atom. The van der Waals surface area contributed by atoms with E-state index in [0.717, 1.165) is 12.8 Å². The van der Waals surface area contributed by atoms with Crippen LogP contribution in [0.25, 0.3) is 0 Å². The van der Waals surface area contributed by atoms with Crippen molar-refractivity contribution in [2.45, 2.75) is 26.2 Å². The van der Waals surface area contributed by atoms with Gasteiger partial charge in [-0.15, -0.1) is 11.3 Å². The Kier molecular flexibility index (Phi) is 7.82. The van der Waals surface area contributed by atoms with Crippen LogP contribution in [0.4, 0.5) is 15.6 Å². The van der Waals surface area contributed by atoms with Crippen molar-refractivity contribution in [2.75, 3.05) is 37.4 Å². The van der Waals surface area contributed by atoms with Crippen LogP contribution in [0.2, 0.25) is 0 Å². The van der Waals surface area contributed by atoms with E-state index in [4.69, 9.17) is 9.47 Å². The number of rotatable bonds is 7. The molecule has 0 spiro atoms. The Morgan fingerprint density at radius 3 is 2.84 bits per heavy atom. The van der Waals surface area contributed by atoms with E-state index in [9.17, 15) is 14.4 Å². The van der Waals surface area contributed by atoms with Gasteiger partial charge >= 0.3 is 12.0 Å². The number of methoxy groups -OCH3 is 1. The van der Waals surface area contributed by atoms with Gasteiger partial charge in [0.2, 0.25) is 5.91 Å². The number of anilines is 2. The topological polar surface area (TPSA) is 110 Å². The number of hydrogen-bond acceptors (Lipinski definition) is 7. The largest absolute Gasteiger partial charge is 0.495 e. The van der Waals surface area contributed by atoms with E-state index >= 15 is 0 Å². The standard InChI is InChI=1S/C21H26N4O5S/c1-3-30-19(27)14-7-6-10-25(12-14)18(26)11-15-13-31-21(22-15)24-20(28)23-16-8-4-5-9-17(16)29-2/h4-5,8-9,13-14H,3,6-7,10-12H2,1-2H3,(H2,22,23,24,28)/t14-/m1/s1. The zero-order valence-electron chi connectivity index (χ0n) is 17.6. The number of amides is 3. The lowest BCUT2D eigenvalue weighted by molar-refractivity contribution is -0.151. The fraction of sp³-hybridized carbons (Fsp3) is 0.429. The number of benzene rings is 1. The van der Waals surface area contributed by atoms with Gasteiger partial charge in [0, 0.05) is 18.5 Å². The van der Waals surface area contributed by atoms with Crippen molar-refractivity contribution in [1.82, 2.24) is 9.88 Å². The molecule has 0 bridgehead atoms. The quantitative estimate of drug-likeness (QED) is 0.633. The molecule has 1 aliphatic rings. The number of esters is 1. The SMILES string of the molecule is CCOC(=O)[C@@H]1CCCN(C(=O)Cc2csc(NC(=O)Nc3ccccc3OC)n2)C1. The van der Waals surface area contributed by atoms with E-state index in [1.807, 2.05) is 6.07 Å². The summed E-state index contributed by atoms with van der Waals surface area (Å²) in [5, 5.41) is 7.50. The Hall–Kier alpha value is -3.14. The lowest BCUT2D eigenvalue weighted by Crippen LogP contribution is -2.43. The number of aromatic nitrogens is 1. The van der Waals surface area contributed by atoms with Crippen LogP contribution in [0, 0.1) is 5.92 Å². The molecular formula is C21H26N4O5S. The second kappa shape index (κ2) is 10.8. The van der Waals surface area contributed by atoms with E-state index in [1.165, 1.54) is 18.4 Å². The molecule has 1 fully saturated rings. The van der Waals surface area contributed by atoms with Crippen LogP contribution in [0.5, 0.6) is 5.75 Å². The molecule has 1 aromatic heterocycles. The van der Waals surface area contributed by atoms with Crippen molar-refractivity contribution in [3.8, 4) is 5.75 Å². The molecular weight excluding hydrogens is 420 g/mol. The molecule has 1 aliphatic heterocycles. The predicted octanol–water partition coefficient (Wildman–Crippen LogP) is 3.14. The highest BCUT2D eigenvalue weighted by Crippen LogP contribution is 2.24. The van der Waals surface area contributed by atoms with Gasteiger partial charge in [-0.3, -0.25) is 14.9 Å². The first-order valence-corrected chi connectivity index (χ1v) is 11.0. The number of likely N-dealkylation sites (tertiary alicyclic amines) is 1. The van der Waals surface area contributed by atoms with Gasteiger partial charge in [0.15, 0.2) is 5.13 Å². The summed E-state index contributed by atoms with van der Waals surface area (Å²) in [5.41, 5.74) is 1.11. The minimum Gasteiger partial charge on any atom is -0.495 e. The molecule has 3 rings (SSSR count). The van der Waals surface area contributed by atoms with Crippen LogP contribution in [0.15, 0.2) is 29.6 Å². The normalized spacial score (nSPS) is 15.8. The number of nitrogens with zero attached hydrogens (tertiary/aromatic N) is 2. The number of ether oxygens (including phenoxy) is 2. The second-order valence-electron chi connectivity index (χ2n) is 7.03. The number of carbonyl (C=O) groups excluding carboxylic acids is 3. The van der Waals surface area contributed by atoms with Crippen LogP contribution in [-0.4, -0.2) is 54.6 Å². The Morgan fingerprint density at radius 1 is 1.26 bits per heavy atom. The molecule has 1 saturated heterocycles. The fourth-order valence-corrected chi connectivity index (χ4v) is 4.07. The third kappa shape index (κ3) is 6.17. The van der Waals surface area contributed by atoms with E-state index in [-0.39, 0.29) is 24.2 Å². The van der Waals surface area contributed by atoms with Crippen molar-refractivity contribution in [3.63, 3.8) is 0 Å². The number of nitrogens with one attached hydrogen (secondary N) is 2. The van der Waals surface area contributed by atoms with E-state index < -0.39 is 6.03 Å². The summed E-state index contributed by atoms with van der Waals surface area (Å²) in [7, 11) is 1.53. The van der Waals surface area contributed by atoms with Gasteiger partial charge in [-0.05, 0) is 31.9 Å². The van der Waals surface area contributed by atoms with Crippen molar-refractivity contribution in [2.24, 2.45) is 5.92 Å². The number of thiazole rings is 1. The summed E-state index contributed by atoms with van der Waals surface area (Å²) in [6.45, 7) is 3.09. The number of piperidine rings is 1. The maximum absolute atomic E-state index is 12.7. The van der Waals surface area contributed by atoms with E-state index in [0.29, 0.717) is 42.0 Å². The average Bonchev–Trinajstić information content (AvgIpc) is 3.20. The number of carbonyl (C=O) groups is 3. The highest BCUT2D eigenvalue weighted by Gasteiger charge is 2.29. The first-order valence-electron chi connectivity index (χ1n) is 10.1.